The molecule has 0 unspecified atom stereocenters. The normalized spacial score (nSPS) is 10.4. The van der Waals surface area contributed by atoms with Gasteiger partial charge in [-0.25, -0.2) is 0 Å². The molecule has 0 saturated heterocycles. The molecular formula is C15H20ClN5. The van der Waals surface area contributed by atoms with Crippen LogP contribution < -0.4 is 10.6 Å². The van der Waals surface area contributed by atoms with Crippen LogP contribution in [0.25, 0.3) is 0 Å². The number of halogens is 1. The molecule has 0 radical (unpaired) electrons. The van der Waals surface area contributed by atoms with Crippen molar-refractivity contribution in [3.63, 3.8) is 0 Å². The summed E-state index contributed by atoms with van der Waals surface area (Å²) in [5.74, 6) is 1.30. The molecule has 0 aliphatic heterocycles. The third kappa shape index (κ3) is 5.55. The van der Waals surface area contributed by atoms with Crippen LogP contribution in [0.4, 0.5) is 11.8 Å². The number of nitrogens with one attached hydrogen (secondary N) is 2. The Morgan fingerprint density at radius 3 is 2.67 bits per heavy atom. The Labute approximate surface area is 130 Å². The Morgan fingerprint density at radius 2 is 1.90 bits per heavy atom. The van der Waals surface area contributed by atoms with Gasteiger partial charge in [0.05, 0.1) is 6.20 Å². The highest BCUT2D eigenvalue weighted by Crippen LogP contribution is 2.10. The average Bonchev–Trinajstić information content (AvgIpc) is 2.50. The monoisotopic (exact) mass is 305 g/mol. The maximum Gasteiger partial charge on any atom is 0.244 e. The smallest absolute Gasteiger partial charge is 0.244 e. The number of rotatable bonds is 8. The van der Waals surface area contributed by atoms with Crippen molar-refractivity contribution in [3.8, 4) is 0 Å². The van der Waals surface area contributed by atoms with Gasteiger partial charge in [-0.2, -0.15) is 10.1 Å². The topological polar surface area (TPSA) is 62.7 Å². The molecule has 2 N–H and O–H groups in total. The molecule has 0 amide bonds. The second-order valence-corrected chi connectivity index (χ2v) is 5.19. The Bertz CT molecular complexity index is 544. The Morgan fingerprint density at radius 1 is 1.10 bits per heavy atom. The van der Waals surface area contributed by atoms with Crippen LogP contribution in [0.2, 0.25) is 5.02 Å². The molecule has 1 heterocycles. The van der Waals surface area contributed by atoms with Crippen molar-refractivity contribution in [1.82, 2.24) is 15.2 Å². The van der Waals surface area contributed by atoms with Crippen molar-refractivity contribution in [2.75, 3.05) is 23.7 Å². The van der Waals surface area contributed by atoms with Crippen molar-refractivity contribution in [2.24, 2.45) is 0 Å². The third-order valence-corrected chi connectivity index (χ3v) is 3.26. The summed E-state index contributed by atoms with van der Waals surface area (Å²) in [6.07, 6.45) is 4.77. The number of aromatic nitrogens is 3. The fourth-order valence-corrected chi connectivity index (χ4v) is 1.95. The SMILES string of the molecule is CCCCNc1nncc(NCCc2ccc(Cl)cc2)n1. The summed E-state index contributed by atoms with van der Waals surface area (Å²) >= 11 is 5.86. The Balaban J connectivity index is 1.79. The highest BCUT2D eigenvalue weighted by Gasteiger charge is 2.00. The molecule has 112 valence electrons. The van der Waals surface area contributed by atoms with E-state index in [1.54, 1.807) is 6.20 Å². The van der Waals surface area contributed by atoms with E-state index in [2.05, 4.69) is 32.7 Å². The second-order valence-electron chi connectivity index (χ2n) is 4.75. The van der Waals surface area contributed by atoms with Crippen LogP contribution >= 0.6 is 11.6 Å². The van der Waals surface area contributed by atoms with Gasteiger partial charge in [0.25, 0.3) is 0 Å². The van der Waals surface area contributed by atoms with Crippen molar-refractivity contribution in [1.29, 1.82) is 0 Å². The molecule has 1 aromatic heterocycles. The maximum absolute atomic E-state index is 5.86. The predicted molar refractivity (Wildman–Crippen MR) is 86.9 cm³/mol. The van der Waals surface area contributed by atoms with E-state index < -0.39 is 0 Å². The zero-order valence-corrected chi connectivity index (χ0v) is 12.9. The highest BCUT2D eigenvalue weighted by atomic mass is 35.5. The molecule has 2 aromatic rings. The van der Waals surface area contributed by atoms with Gasteiger partial charge >= 0.3 is 0 Å². The second kappa shape index (κ2) is 8.42. The zero-order valence-electron chi connectivity index (χ0n) is 12.1. The summed E-state index contributed by atoms with van der Waals surface area (Å²) in [4.78, 5) is 4.37. The van der Waals surface area contributed by atoms with Gasteiger partial charge < -0.3 is 10.6 Å². The van der Waals surface area contributed by atoms with E-state index >= 15 is 0 Å². The van der Waals surface area contributed by atoms with E-state index in [4.69, 9.17) is 11.6 Å². The molecular weight excluding hydrogens is 286 g/mol. The number of nitrogens with zero attached hydrogens (tertiary/aromatic N) is 3. The van der Waals surface area contributed by atoms with Crippen LogP contribution in [0.1, 0.15) is 25.3 Å². The molecule has 0 saturated carbocycles. The van der Waals surface area contributed by atoms with Crippen molar-refractivity contribution in [3.05, 3.63) is 41.0 Å². The lowest BCUT2D eigenvalue weighted by molar-refractivity contribution is 0.818. The molecule has 0 bridgehead atoms. The number of unbranched alkanes of at least 4 members (excludes halogenated alkanes) is 1. The first-order valence-electron chi connectivity index (χ1n) is 7.20. The van der Waals surface area contributed by atoms with E-state index in [9.17, 15) is 0 Å². The van der Waals surface area contributed by atoms with Gasteiger partial charge in [-0.1, -0.05) is 37.1 Å². The Kier molecular flexibility index (Phi) is 6.22. The number of hydrogen-bond donors (Lipinski definition) is 2. The molecule has 0 aliphatic carbocycles. The molecule has 5 nitrogen and oxygen atoms in total. The van der Waals surface area contributed by atoms with E-state index in [1.165, 1.54) is 5.56 Å². The van der Waals surface area contributed by atoms with Crippen molar-refractivity contribution >= 4 is 23.4 Å². The van der Waals surface area contributed by atoms with E-state index in [0.29, 0.717) is 5.95 Å². The van der Waals surface area contributed by atoms with Gasteiger partial charge in [-0.15, -0.1) is 5.10 Å². The molecule has 0 aliphatic rings. The minimum atomic E-state index is 0.569. The molecule has 0 spiro atoms. The van der Waals surface area contributed by atoms with Crippen LogP contribution in [0.3, 0.4) is 0 Å². The van der Waals surface area contributed by atoms with Gasteiger partial charge in [-0.05, 0) is 30.5 Å². The fraction of sp³-hybridized carbons (Fsp3) is 0.400. The largest absolute Gasteiger partial charge is 0.368 e. The van der Waals surface area contributed by atoms with Gasteiger partial charge in [0.15, 0.2) is 5.82 Å². The van der Waals surface area contributed by atoms with Crippen LogP contribution in [-0.2, 0) is 6.42 Å². The number of hydrogen-bond acceptors (Lipinski definition) is 5. The van der Waals surface area contributed by atoms with E-state index in [1.807, 2.05) is 24.3 Å². The highest BCUT2D eigenvalue weighted by molar-refractivity contribution is 6.30. The summed E-state index contributed by atoms with van der Waals surface area (Å²) in [6.45, 7) is 3.80. The minimum Gasteiger partial charge on any atom is -0.368 e. The zero-order chi connectivity index (χ0) is 14.9. The average molecular weight is 306 g/mol. The van der Waals surface area contributed by atoms with Crippen molar-refractivity contribution < 1.29 is 0 Å². The molecule has 0 atom stereocenters. The first kappa shape index (κ1) is 15.5. The number of benzene rings is 1. The Hall–Kier alpha value is -1.88. The summed E-state index contributed by atoms with van der Waals surface area (Å²) in [5.41, 5.74) is 1.23. The van der Waals surface area contributed by atoms with Gasteiger partial charge in [0.2, 0.25) is 5.95 Å². The lowest BCUT2D eigenvalue weighted by Crippen LogP contribution is -2.10. The van der Waals surface area contributed by atoms with Crippen LogP contribution in [0.15, 0.2) is 30.5 Å². The number of anilines is 2. The first-order chi connectivity index (χ1) is 10.3. The first-order valence-corrected chi connectivity index (χ1v) is 7.57. The summed E-state index contributed by atoms with van der Waals surface area (Å²) < 4.78 is 0. The van der Waals surface area contributed by atoms with Gasteiger partial charge in [-0.3, -0.25) is 0 Å². The summed E-state index contributed by atoms with van der Waals surface area (Å²) in [7, 11) is 0. The van der Waals surface area contributed by atoms with Gasteiger partial charge in [0, 0.05) is 18.1 Å². The summed E-state index contributed by atoms with van der Waals surface area (Å²) in [5, 5.41) is 15.1. The summed E-state index contributed by atoms with van der Waals surface area (Å²) in [6, 6.07) is 7.86. The lowest BCUT2D eigenvalue weighted by Gasteiger charge is -2.07. The fourth-order valence-electron chi connectivity index (χ4n) is 1.83. The third-order valence-electron chi connectivity index (χ3n) is 3.01. The minimum absolute atomic E-state index is 0.569. The molecule has 1 aromatic carbocycles. The lowest BCUT2D eigenvalue weighted by atomic mass is 10.1. The molecule has 6 heteroatoms. The van der Waals surface area contributed by atoms with Crippen molar-refractivity contribution in [2.45, 2.75) is 26.2 Å². The molecule has 0 fully saturated rings. The van der Waals surface area contributed by atoms with E-state index in [-0.39, 0.29) is 0 Å². The van der Waals surface area contributed by atoms with Crippen LogP contribution in [0, 0.1) is 0 Å². The predicted octanol–water partition coefficient (Wildman–Crippen LogP) is 3.39. The molecule has 2 rings (SSSR count). The van der Waals surface area contributed by atoms with Crippen LogP contribution in [-0.4, -0.2) is 28.3 Å². The maximum atomic E-state index is 5.86. The van der Waals surface area contributed by atoms with Crippen LogP contribution in [0.5, 0.6) is 0 Å². The molecule has 21 heavy (non-hydrogen) atoms. The van der Waals surface area contributed by atoms with Gasteiger partial charge in [0.1, 0.15) is 0 Å². The quantitative estimate of drug-likeness (QED) is 0.732. The van der Waals surface area contributed by atoms with E-state index in [0.717, 1.165) is 43.2 Å². The standard InChI is InChI=1S/C15H20ClN5/c1-2-3-9-18-15-20-14(11-19-21-15)17-10-8-12-4-6-13(16)7-5-12/h4-7,11H,2-3,8-10H2,1H3,(H2,17,18,20,21).